The van der Waals surface area contributed by atoms with E-state index in [0.717, 1.165) is 46.9 Å². The normalized spacial score (nSPS) is 13.0. The molecule has 25 heavy (non-hydrogen) atoms. The van der Waals surface area contributed by atoms with Gasteiger partial charge in [-0.3, -0.25) is 4.79 Å². The zero-order valence-corrected chi connectivity index (χ0v) is 14.9. The number of hydrogen-bond donors (Lipinski definition) is 1. The van der Waals surface area contributed by atoms with E-state index >= 15 is 0 Å². The number of carbonyl (C=O) groups excluding carboxylic acids is 1. The van der Waals surface area contributed by atoms with Crippen LogP contribution in [0.3, 0.4) is 0 Å². The fourth-order valence-electron chi connectivity index (χ4n) is 3.50. The summed E-state index contributed by atoms with van der Waals surface area (Å²) in [5, 5.41) is 17.9. The highest BCUT2D eigenvalue weighted by molar-refractivity contribution is 7.16. The third-order valence-corrected chi connectivity index (χ3v) is 5.80. The lowest BCUT2D eigenvalue weighted by molar-refractivity contribution is -0.115. The van der Waals surface area contributed by atoms with Crippen molar-refractivity contribution in [2.24, 2.45) is 0 Å². The number of aryl methyl sites for hydroxylation is 3. The summed E-state index contributed by atoms with van der Waals surface area (Å²) in [7, 11) is 0. The summed E-state index contributed by atoms with van der Waals surface area (Å²) < 4.78 is 5.40. The van der Waals surface area contributed by atoms with Gasteiger partial charge in [-0.15, -0.1) is 11.3 Å². The minimum absolute atomic E-state index is 0.128. The van der Waals surface area contributed by atoms with E-state index in [0.29, 0.717) is 16.3 Å². The summed E-state index contributed by atoms with van der Waals surface area (Å²) in [6.07, 6.45) is 3.14. The fraction of sp³-hybridized carbons (Fsp3) is 0.316. The van der Waals surface area contributed by atoms with Gasteiger partial charge in [-0.2, -0.15) is 5.26 Å². The van der Waals surface area contributed by atoms with Crippen LogP contribution in [0.2, 0.25) is 0 Å². The number of nitrogens with zero attached hydrogens (tertiary/aromatic N) is 2. The number of carbonyl (C=O) groups is 1. The van der Waals surface area contributed by atoms with Crippen molar-refractivity contribution in [2.75, 3.05) is 5.32 Å². The first-order valence-corrected chi connectivity index (χ1v) is 9.08. The highest BCUT2D eigenvalue weighted by atomic mass is 32.1. The first-order chi connectivity index (χ1) is 12.1. The van der Waals surface area contributed by atoms with Gasteiger partial charge in [-0.25, -0.2) is 0 Å². The minimum Gasteiger partial charge on any atom is -0.356 e. The Kier molecular flexibility index (Phi) is 3.81. The van der Waals surface area contributed by atoms with E-state index in [1.54, 1.807) is 0 Å². The van der Waals surface area contributed by atoms with E-state index < -0.39 is 0 Å². The molecule has 5 nitrogen and oxygen atoms in total. The van der Waals surface area contributed by atoms with Crippen LogP contribution < -0.4 is 5.32 Å². The van der Waals surface area contributed by atoms with Crippen molar-refractivity contribution >= 4 is 33.2 Å². The number of nitriles is 1. The molecule has 0 bridgehead atoms. The molecule has 0 aliphatic heterocycles. The van der Waals surface area contributed by atoms with Crippen molar-refractivity contribution in [3.63, 3.8) is 0 Å². The van der Waals surface area contributed by atoms with Crippen LogP contribution in [0.1, 0.15) is 39.2 Å². The Bertz CT molecular complexity index is 1040. The number of anilines is 1. The first kappa shape index (κ1) is 15.9. The second kappa shape index (κ2) is 6.01. The summed E-state index contributed by atoms with van der Waals surface area (Å²) >= 11 is 1.52. The van der Waals surface area contributed by atoms with Crippen molar-refractivity contribution in [2.45, 2.75) is 39.5 Å². The molecule has 1 aliphatic rings. The Hall–Kier alpha value is -2.65. The second-order valence-electron chi connectivity index (χ2n) is 6.49. The van der Waals surface area contributed by atoms with Crippen LogP contribution in [0.5, 0.6) is 0 Å². The van der Waals surface area contributed by atoms with Crippen molar-refractivity contribution in [1.29, 1.82) is 5.26 Å². The summed E-state index contributed by atoms with van der Waals surface area (Å²) in [5.74, 6) is -0.175. The van der Waals surface area contributed by atoms with Crippen LogP contribution in [0.25, 0.3) is 11.0 Å². The molecule has 2 heterocycles. The molecular formula is C19H17N3O2S. The van der Waals surface area contributed by atoms with Crippen molar-refractivity contribution in [1.82, 2.24) is 5.16 Å². The molecule has 0 atom stereocenters. The van der Waals surface area contributed by atoms with E-state index in [1.165, 1.54) is 16.2 Å². The van der Waals surface area contributed by atoms with Crippen LogP contribution in [0, 0.1) is 25.2 Å². The molecule has 126 valence electrons. The molecule has 1 N–H and O–H groups in total. The Morgan fingerprint density at radius 1 is 1.40 bits per heavy atom. The lowest BCUT2D eigenvalue weighted by Crippen LogP contribution is -2.14. The van der Waals surface area contributed by atoms with Gasteiger partial charge in [0.1, 0.15) is 16.8 Å². The molecule has 0 saturated heterocycles. The summed E-state index contributed by atoms with van der Waals surface area (Å²) in [4.78, 5) is 13.7. The number of fused-ring (bicyclic) bond motifs is 2. The molecule has 4 rings (SSSR count). The van der Waals surface area contributed by atoms with Crippen molar-refractivity contribution in [3.8, 4) is 6.07 Å². The van der Waals surface area contributed by atoms with Gasteiger partial charge in [0.25, 0.3) is 0 Å². The molecule has 0 saturated carbocycles. The molecule has 2 aromatic heterocycles. The average Bonchev–Trinajstić information content (AvgIpc) is 3.22. The van der Waals surface area contributed by atoms with Gasteiger partial charge in [0.05, 0.1) is 12.0 Å². The predicted octanol–water partition coefficient (Wildman–Crippen LogP) is 4.05. The molecule has 0 unspecified atom stereocenters. The van der Waals surface area contributed by atoms with E-state index in [-0.39, 0.29) is 12.3 Å². The minimum atomic E-state index is -0.175. The Balaban J connectivity index is 1.59. The number of rotatable bonds is 3. The lowest BCUT2D eigenvalue weighted by atomic mass is 10.1. The fourth-order valence-corrected chi connectivity index (χ4v) is 4.76. The van der Waals surface area contributed by atoms with Crippen LogP contribution >= 0.6 is 11.3 Å². The van der Waals surface area contributed by atoms with E-state index in [4.69, 9.17) is 4.52 Å². The van der Waals surface area contributed by atoms with Gasteiger partial charge in [0, 0.05) is 10.3 Å². The maximum atomic E-state index is 12.5. The van der Waals surface area contributed by atoms with Crippen LogP contribution in [0.15, 0.2) is 16.7 Å². The molecule has 6 heteroatoms. The van der Waals surface area contributed by atoms with Crippen LogP contribution in [-0.2, 0) is 24.1 Å². The first-order valence-electron chi connectivity index (χ1n) is 8.27. The van der Waals surface area contributed by atoms with Gasteiger partial charge in [0.15, 0.2) is 5.58 Å². The van der Waals surface area contributed by atoms with Crippen molar-refractivity contribution in [3.05, 3.63) is 45.0 Å². The summed E-state index contributed by atoms with van der Waals surface area (Å²) in [5.41, 5.74) is 5.21. The molecular weight excluding hydrogens is 334 g/mol. The largest absolute Gasteiger partial charge is 0.356 e. The highest BCUT2D eigenvalue weighted by Crippen LogP contribution is 2.38. The summed E-state index contributed by atoms with van der Waals surface area (Å²) in [6.45, 7) is 3.98. The van der Waals surface area contributed by atoms with E-state index in [9.17, 15) is 10.1 Å². The van der Waals surface area contributed by atoms with E-state index in [2.05, 4.69) is 16.5 Å². The predicted molar refractivity (Wildman–Crippen MR) is 96.9 cm³/mol. The van der Waals surface area contributed by atoms with Gasteiger partial charge in [-0.1, -0.05) is 11.2 Å². The SMILES string of the molecule is Cc1cc(C)c2onc(CC(=O)Nc3sc4c(c3C#N)CCC4)c2c1. The van der Waals surface area contributed by atoms with Crippen LogP contribution in [0.4, 0.5) is 5.00 Å². The maximum Gasteiger partial charge on any atom is 0.231 e. The maximum absolute atomic E-state index is 12.5. The standard InChI is InChI=1S/C19H17N3O2S/c1-10-6-11(2)18-13(7-10)15(22-24-18)8-17(23)21-19-14(9-20)12-4-3-5-16(12)25-19/h6-7H,3-5,8H2,1-2H3,(H,21,23). The number of hydrogen-bond acceptors (Lipinski definition) is 5. The lowest BCUT2D eigenvalue weighted by Gasteiger charge is -2.03. The molecule has 0 spiro atoms. The van der Waals surface area contributed by atoms with Gasteiger partial charge >= 0.3 is 0 Å². The molecule has 1 aromatic carbocycles. The van der Waals surface area contributed by atoms with E-state index in [1.807, 2.05) is 26.0 Å². The third kappa shape index (κ3) is 2.71. The molecule has 0 fully saturated rings. The third-order valence-electron chi connectivity index (χ3n) is 4.59. The zero-order chi connectivity index (χ0) is 17.6. The Morgan fingerprint density at radius 2 is 2.24 bits per heavy atom. The summed E-state index contributed by atoms with van der Waals surface area (Å²) in [6, 6.07) is 6.27. The smallest absolute Gasteiger partial charge is 0.231 e. The number of amides is 1. The van der Waals surface area contributed by atoms with Crippen molar-refractivity contribution < 1.29 is 9.32 Å². The number of thiophene rings is 1. The second-order valence-corrected chi connectivity index (χ2v) is 7.59. The topological polar surface area (TPSA) is 78.9 Å². The molecule has 3 aromatic rings. The van der Waals surface area contributed by atoms with Gasteiger partial charge in [-0.05, 0) is 55.9 Å². The Labute approximate surface area is 149 Å². The molecule has 1 amide bonds. The number of nitrogens with one attached hydrogen (secondary N) is 1. The van der Waals surface area contributed by atoms with Gasteiger partial charge in [0.2, 0.25) is 5.91 Å². The molecule has 1 aliphatic carbocycles. The monoisotopic (exact) mass is 351 g/mol. The van der Waals surface area contributed by atoms with Crippen LogP contribution in [-0.4, -0.2) is 11.1 Å². The quantitative estimate of drug-likeness (QED) is 0.772. The molecule has 0 radical (unpaired) electrons. The van der Waals surface area contributed by atoms with Gasteiger partial charge < -0.3 is 9.84 Å². The zero-order valence-electron chi connectivity index (χ0n) is 14.1. The number of aromatic nitrogens is 1. The number of benzene rings is 1. The highest BCUT2D eigenvalue weighted by Gasteiger charge is 2.23. The Morgan fingerprint density at radius 3 is 3.04 bits per heavy atom. The average molecular weight is 351 g/mol.